The molecule has 3 rings (SSSR count). The van der Waals surface area contributed by atoms with E-state index in [4.69, 9.17) is 4.52 Å². The van der Waals surface area contributed by atoms with Crippen LogP contribution in [0, 0.1) is 5.82 Å². The Morgan fingerprint density at radius 2 is 2.35 bits per heavy atom. The normalized spacial score (nSPS) is 32.9. The molecule has 6 heteroatoms. The average molecular weight is 257 g/mol. The van der Waals surface area contributed by atoms with Crippen molar-refractivity contribution in [3.63, 3.8) is 0 Å². The first-order chi connectivity index (χ1) is 8.13. The highest BCUT2D eigenvalue weighted by atomic mass is 31.2. The van der Waals surface area contributed by atoms with E-state index in [2.05, 4.69) is 0 Å². The molecule has 2 saturated heterocycles. The molecule has 1 aromatic rings. The first-order valence-electron chi connectivity index (χ1n) is 5.62. The summed E-state index contributed by atoms with van der Waals surface area (Å²) < 4.78 is 33.6. The molecule has 2 aliphatic rings. The van der Waals surface area contributed by atoms with Crippen molar-refractivity contribution >= 4 is 12.8 Å². The van der Waals surface area contributed by atoms with Crippen molar-refractivity contribution in [3.05, 3.63) is 24.0 Å². The minimum absolute atomic E-state index is 0.0971. The van der Waals surface area contributed by atoms with Crippen LogP contribution in [0.5, 0.6) is 5.75 Å². The highest BCUT2D eigenvalue weighted by molar-refractivity contribution is 7.65. The molecule has 1 aromatic carbocycles. The molecule has 0 aliphatic carbocycles. The highest BCUT2D eigenvalue weighted by Gasteiger charge is 2.49. The van der Waals surface area contributed by atoms with Crippen molar-refractivity contribution in [2.75, 3.05) is 13.2 Å². The summed E-state index contributed by atoms with van der Waals surface area (Å²) in [4.78, 5) is 0. The quantitative estimate of drug-likeness (QED) is 0.780. The molecular formula is C11H13FNO3P. The zero-order valence-corrected chi connectivity index (χ0v) is 10.1. The Hall–Kier alpha value is -0.900. The zero-order chi connectivity index (χ0) is 12.0. The van der Waals surface area contributed by atoms with Gasteiger partial charge >= 0.3 is 7.52 Å². The van der Waals surface area contributed by atoms with Gasteiger partial charge in [0.15, 0.2) is 0 Å². The molecule has 1 N–H and O–H groups in total. The van der Waals surface area contributed by atoms with Gasteiger partial charge in [-0.25, -0.2) is 9.06 Å². The summed E-state index contributed by atoms with van der Waals surface area (Å²) >= 11 is 0. The lowest BCUT2D eigenvalue weighted by Gasteiger charge is -2.22. The summed E-state index contributed by atoms with van der Waals surface area (Å²) in [7, 11) is -3.39. The predicted molar refractivity (Wildman–Crippen MR) is 61.0 cm³/mol. The number of phenolic OH excluding ortho intramolecular Hbond substituents is 1. The van der Waals surface area contributed by atoms with E-state index in [1.54, 1.807) is 4.67 Å². The fraction of sp³-hybridized carbons (Fsp3) is 0.455. The summed E-state index contributed by atoms with van der Waals surface area (Å²) in [6, 6.07) is 4.02. The molecule has 0 spiro atoms. The maximum absolute atomic E-state index is 13.8. The van der Waals surface area contributed by atoms with Crippen LogP contribution in [0.4, 0.5) is 4.39 Å². The number of halogens is 1. The van der Waals surface area contributed by atoms with E-state index in [1.807, 2.05) is 0 Å². The summed E-state index contributed by atoms with van der Waals surface area (Å²) in [5.41, 5.74) is 0. The molecule has 92 valence electrons. The molecule has 0 bridgehead atoms. The summed E-state index contributed by atoms with van der Waals surface area (Å²) in [5, 5.41) is 9.54. The third kappa shape index (κ3) is 1.53. The number of aromatic hydroxyl groups is 1. The van der Waals surface area contributed by atoms with E-state index in [9.17, 15) is 14.1 Å². The fourth-order valence-electron chi connectivity index (χ4n) is 2.57. The van der Waals surface area contributed by atoms with Gasteiger partial charge in [-0.05, 0) is 25.0 Å². The molecular weight excluding hydrogens is 244 g/mol. The molecule has 0 saturated carbocycles. The van der Waals surface area contributed by atoms with Gasteiger partial charge in [0, 0.05) is 12.6 Å². The van der Waals surface area contributed by atoms with Crippen LogP contribution in [-0.4, -0.2) is 29.0 Å². The van der Waals surface area contributed by atoms with E-state index in [-0.39, 0.29) is 17.1 Å². The van der Waals surface area contributed by atoms with Crippen LogP contribution >= 0.6 is 7.52 Å². The average Bonchev–Trinajstić information content (AvgIpc) is 2.84. The van der Waals surface area contributed by atoms with Gasteiger partial charge in [-0.2, -0.15) is 0 Å². The number of benzene rings is 1. The van der Waals surface area contributed by atoms with E-state index < -0.39 is 13.3 Å². The van der Waals surface area contributed by atoms with Crippen molar-refractivity contribution in [1.82, 2.24) is 4.67 Å². The summed E-state index contributed by atoms with van der Waals surface area (Å²) in [5.74, 6) is -0.957. The third-order valence-electron chi connectivity index (χ3n) is 3.37. The van der Waals surface area contributed by atoms with Crippen LogP contribution < -0.4 is 5.30 Å². The number of hydrogen-bond donors (Lipinski definition) is 1. The van der Waals surface area contributed by atoms with Gasteiger partial charge < -0.3 is 9.63 Å². The third-order valence-corrected chi connectivity index (χ3v) is 6.08. The van der Waals surface area contributed by atoms with Crippen molar-refractivity contribution < 1.29 is 18.6 Å². The van der Waals surface area contributed by atoms with Gasteiger partial charge in [0.2, 0.25) is 0 Å². The van der Waals surface area contributed by atoms with Crippen LogP contribution in [0.3, 0.4) is 0 Å². The molecule has 0 unspecified atom stereocenters. The Balaban J connectivity index is 2.12. The topological polar surface area (TPSA) is 49.8 Å². The molecule has 4 nitrogen and oxygen atoms in total. The number of rotatable bonds is 1. The lowest BCUT2D eigenvalue weighted by molar-refractivity contribution is 0.330. The van der Waals surface area contributed by atoms with Gasteiger partial charge in [-0.3, -0.25) is 4.57 Å². The van der Waals surface area contributed by atoms with Gasteiger partial charge in [0.25, 0.3) is 0 Å². The second kappa shape index (κ2) is 3.80. The van der Waals surface area contributed by atoms with Crippen molar-refractivity contribution in [2.24, 2.45) is 0 Å². The minimum atomic E-state index is -3.39. The maximum Gasteiger partial charge on any atom is 0.309 e. The van der Waals surface area contributed by atoms with Gasteiger partial charge in [-0.15, -0.1) is 0 Å². The SMILES string of the molecule is O=[P@]1(c2c(O)cccc2F)OC[C@@H]2CCCN21. The monoisotopic (exact) mass is 257 g/mol. The summed E-state index contributed by atoms with van der Waals surface area (Å²) in [6.07, 6.45) is 1.85. The standard InChI is InChI=1S/C11H13FNO3P/c12-9-4-1-5-10(14)11(9)17(15)13-6-2-3-8(13)7-16-17/h1,4-5,8,14H,2-3,6-7H2/t8-,17+/m0/s1. The number of phenols is 1. The summed E-state index contributed by atoms with van der Waals surface area (Å²) in [6.45, 7) is 0.987. The van der Waals surface area contributed by atoms with Crippen LogP contribution in [0.25, 0.3) is 0 Å². The second-order valence-electron chi connectivity index (χ2n) is 4.38. The molecule has 17 heavy (non-hydrogen) atoms. The molecule has 2 atom stereocenters. The van der Waals surface area contributed by atoms with E-state index in [0.29, 0.717) is 13.2 Å². The van der Waals surface area contributed by atoms with E-state index in [0.717, 1.165) is 12.8 Å². The zero-order valence-electron chi connectivity index (χ0n) is 9.17. The second-order valence-corrected chi connectivity index (χ2v) is 6.64. The Morgan fingerprint density at radius 1 is 1.53 bits per heavy atom. The largest absolute Gasteiger partial charge is 0.507 e. The van der Waals surface area contributed by atoms with Crippen molar-refractivity contribution in [2.45, 2.75) is 18.9 Å². The lowest BCUT2D eigenvalue weighted by Crippen LogP contribution is -2.26. The molecule has 2 fully saturated rings. The molecule has 0 radical (unpaired) electrons. The predicted octanol–water partition coefficient (Wildman–Crippen LogP) is 1.84. The number of hydrogen-bond acceptors (Lipinski definition) is 3. The van der Waals surface area contributed by atoms with E-state index >= 15 is 0 Å². The van der Waals surface area contributed by atoms with Crippen LogP contribution in [0.2, 0.25) is 0 Å². The van der Waals surface area contributed by atoms with Gasteiger partial charge in [0.05, 0.1) is 6.61 Å². The Bertz CT molecular complexity index is 487. The molecule has 0 amide bonds. The first kappa shape index (κ1) is 11.2. The Labute approximate surface area is 98.5 Å². The highest BCUT2D eigenvalue weighted by Crippen LogP contribution is 2.59. The van der Waals surface area contributed by atoms with Crippen molar-refractivity contribution in [1.29, 1.82) is 0 Å². The van der Waals surface area contributed by atoms with Crippen LogP contribution in [0.15, 0.2) is 18.2 Å². The number of fused-ring (bicyclic) bond motifs is 1. The fourth-order valence-corrected chi connectivity index (χ4v) is 5.21. The first-order valence-corrected chi connectivity index (χ1v) is 7.20. The molecule has 0 aromatic heterocycles. The Morgan fingerprint density at radius 3 is 3.12 bits per heavy atom. The minimum Gasteiger partial charge on any atom is -0.507 e. The van der Waals surface area contributed by atoms with Crippen molar-refractivity contribution in [3.8, 4) is 5.75 Å². The van der Waals surface area contributed by atoms with Gasteiger partial charge in [0.1, 0.15) is 16.9 Å². The Kier molecular flexibility index (Phi) is 2.51. The maximum atomic E-state index is 13.8. The van der Waals surface area contributed by atoms with E-state index in [1.165, 1.54) is 18.2 Å². The smallest absolute Gasteiger partial charge is 0.309 e. The van der Waals surface area contributed by atoms with Gasteiger partial charge in [-0.1, -0.05) is 6.07 Å². The number of nitrogens with zero attached hydrogens (tertiary/aromatic N) is 1. The molecule has 2 heterocycles. The van der Waals surface area contributed by atoms with Crippen LogP contribution in [-0.2, 0) is 9.09 Å². The molecule has 2 aliphatic heterocycles. The van der Waals surface area contributed by atoms with Crippen LogP contribution in [0.1, 0.15) is 12.8 Å². The lowest BCUT2D eigenvalue weighted by atomic mass is 10.2.